The fraction of sp³-hybridized carbons (Fsp3) is 0.600. The van der Waals surface area contributed by atoms with Crippen molar-refractivity contribution in [2.75, 3.05) is 6.61 Å². The second kappa shape index (κ2) is 6.15. The lowest BCUT2D eigenvalue weighted by Crippen LogP contribution is -2.15. The van der Waals surface area contributed by atoms with Gasteiger partial charge >= 0.3 is 0 Å². The monoisotopic (exact) mass is 326 g/mol. The second-order valence-corrected chi connectivity index (χ2v) is 5.11. The normalized spacial score (nSPS) is 13.2. The van der Waals surface area contributed by atoms with Crippen LogP contribution in [-0.2, 0) is 4.74 Å². The third kappa shape index (κ3) is 3.29. The Kier molecular flexibility index (Phi) is 5.44. The summed E-state index contributed by atoms with van der Waals surface area (Å²) >= 11 is 15.1. The average Bonchev–Trinajstić information content (AvgIpc) is 2.21. The number of rotatable bonds is 4. The molecule has 0 aliphatic rings. The van der Waals surface area contributed by atoms with Crippen LogP contribution in [-0.4, -0.2) is 16.6 Å². The fourth-order valence-corrected chi connectivity index (χ4v) is 1.86. The van der Waals surface area contributed by atoms with E-state index in [4.69, 9.17) is 27.9 Å². The van der Waals surface area contributed by atoms with E-state index in [-0.39, 0.29) is 12.0 Å². The second-order valence-electron chi connectivity index (χ2n) is 3.60. The van der Waals surface area contributed by atoms with Gasteiger partial charge < -0.3 is 4.74 Å². The van der Waals surface area contributed by atoms with Crippen LogP contribution in [0.2, 0.25) is 10.3 Å². The van der Waals surface area contributed by atoms with Crippen LogP contribution in [0.1, 0.15) is 32.7 Å². The molecule has 16 heavy (non-hydrogen) atoms. The molecule has 0 N–H and O–H groups in total. The lowest BCUT2D eigenvalue weighted by Gasteiger charge is -2.19. The quantitative estimate of drug-likeness (QED) is 0.774. The van der Waals surface area contributed by atoms with Crippen LogP contribution in [0.3, 0.4) is 0 Å². The van der Waals surface area contributed by atoms with Gasteiger partial charge in [0, 0.05) is 6.61 Å². The van der Waals surface area contributed by atoms with Gasteiger partial charge in [-0.2, -0.15) is 0 Å². The van der Waals surface area contributed by atoms with E-state index < -0.39 is 0 Å². The molecule has 0 fully saturated rings. The summed E-state index contributed by atoms with van der Waals surface area (Å²) in [4.78, 5) is 8.34. The molecule has 90 valence electrons. The van der Waals surface area contributed by atoms with Gasteiger partial charge in [0.1, 0.15) is 16.4 Å². The summed E-state index contributed by atoms with van der Waals surface area (Å²) in [6.07, 6.45) is -0.187. The summed E-state index contributed by atoms with van der Waals surface area (Å²) in [6, 6.07) is 0. The SMILES string of the molecule is CCOC(c1nc(Cl)c(Br)c(Cl)n1)C(C)C. The molecule has 0 radical (unpaired) electrons. The number of hydrogen-bond acceptors (Lipinski definition) is 3. The minimum absolute atomic E-state index is 0.187. The molecule has 0 aromatic carbocycles. The van der Waals surface area contributed by atoms with E-state index in [1.807, 2.05) is 20.8 Å². The van der Waals surface area contributed by atoms with Crippen LogP contribution in [0.25, 0.3) is 0 Å². The van der Waals surface area contributed by atoms with E-state index in [1.54, 1.807) is 0 Å². The Morgan fingerprint density at radius 2 is 1.75 bits per heavy atom. The maximum atomic E-state index is 5.93. The van der Waals surface area contributed by atoms with Crippen molar-refractivity contribution in [3.8, 4) is 0 Å². The molecule has 0 saturated carbocycles. The minimum Gasteiger partial charge on any atom is -0.370 e. The summed E-state index contributed by atoms with van der Waals surface area (Å²) in [6.45, 7) is 6.59. The Bertz CT molecular complexity index is 351. The zero-order valence-corrected chi connectivity index (χ0v) is 12.4. The molecule has 1 heterocycles. The predicted molar refractivity (Wildman–Crippen MR) is 69.0 cm³/mol. The largest absolute Gasteiger partial charge is 0.370 e. The number of ether oxygens (including phenoxy) is 1. The first-order chi connectivity index (χ1) is 7.47. The van der Waals surface area contributed by atoms with Crippen LogP contribution in [0.4, 0.5) is 0 Å². The fourth-order valence-electron chi connectivity index (χ4n) is 1.28. The van der Waals surface area contributed by atoms with Crippen molar-refractivity contribution in [2.24, 2.45) is 5.92 Å². The van der Waals surface area contributed by atoms with E-state index >= 15 is 0 Å². The van der Waals surface area contributed by atoms with Crippen molar-refractivity contribution >= 4 is 39.1 Å². The van der Waals surface area contributed by atoms with E-state index in [2.05, 4.69) is 25.9 Å². The first kappa shape index (κ1) is 14.2. The zero-order valence-electron chi connectivity index (χ0n) is 9.30. The van der Waals surface area contributed by atoms with Gasteiger partial charge in [-0.3, -0.25) is 0 Å². The Balaban J connectivity index is 3.10. The Labute approximate surface area is 114 Å². The molecule has 0 saturated heterocycles. The number of aromatic nitrogens is 2. The third-order valence-electron chi connectivity index (χ3n) is 1.99. The number of hydrogen-bond donors (Lipinski definition) is 0. The highest BCUT2D eigenvalue weighted by Gasteiger charge is 2.21. The molecule has 1 rings (SSSR count). The van der Waals surface area contributed by atoms with Crippen molar-refractivity contribution in [3.63, 3.8) is 0 Å². The third-order valence-corrected chi connectivity index (χ3v) is 3.75. The van der Waals surface area contributed by atoms with Gasteiger partial charge in [0.15, 0.2) is 5.82 Å². The highest BCUT2D eigenvalue weighted by atomic mass is 79.9. The standard InChI is InChI=1S/C10H13BrCl2N2O/c1-4-16-7(5(2)3)10-14-8(12)6(11)9(13)15-10/h5,7H,4H2,1-3H3. The molecule has 1 atom stereocenters. The van der Waals surface area contributed by atoms with Crippen LogP contribution in [0, 0.1) is 5.92 Å². The van der Waals surface area contributed by atoms with Gasteiger partial charge in [-0.1, -0.05) is 37.0 Å². The summed E-state index contributed by atoms with van der Waals surface area (Å²) in [5.41, 5.74) is 0. The van der Waals surface area contributed by atoms with Crippen LogP contribution < -0.4 is 0 Å². The molecule has 0 amide bonds. The van der Waals surface area contributed by atoms with Gasteiger partial charge in [-0.05, 0) is 28.8 Å². The zero-order chi connectivity index (χ0) is 12.3. The summed E-state index contributed by atoms with van der Waals surface area (Å²) in [5, 5.41) is 0.612. The van der Waals surface area contributed by atoms with Crippen molar-refractivity contribution in [3.05, 3.63) is 20.6 Å². The Hall–Kier alpha value is 0.1000. The highest BCUT2D eigenvalue weighted by molar-refractivity contribution is 9.10. The van der Waals surface area contributed by atoms with Gasteiger partial charge in [0.05, 0.1) is 4.47 Å². The first-order valence-electron chi connectivity index (χ1n) is 4.97. The van der Waals surface area contributed by atoms with Gasteiger partial charge in [-0.25, -0.2) is 9.97 Å². The van der Waals surface area contributed by atoms with Crippen LogP contribution in [0.15, 0.2) is 4.47 Å². The Morgan fingerprint density at radius 3 is 2.12 bits per heavy atom. The van der Waals surface area contributed by atoms with E-state index in [0.29, 0.717) is 27.2 Å². The average molecular weight is 328 g/mol. The van der Waals surface area contributed by atoms with Gasteiger partial charge in [0.2, 0.25) is 0 Å². The highest BCUT2D eigenvalue weighted by Crippen LogP contribution is 2.31. The van der Waals surface area contributed by atoms with Crippen molar-refractivity contribution in [1.29, 1.82) is 0 Å². The van der Waals surface area contributed by atoms with E-state index in [9.17, 15) is 0 Å². The van der Waals surface area contributed by atoms with Crippen molar-refractivity contribution in [2.45, 2.75) is 26.9 Å². The van der Waals surface area contributed by atoms with Gasteiger partial charge in [0.25, 0.3) is 0 Å². The molecule has 0 spiro atoms. The molecule has 6 heteroatoms. The smallest absolute Gasteiger partial charge is 0.160 e. The molecule has 0 aliphatic heterocycles. The van der Waals surface area contributed by atoms with E-state index in [1.165, 1.54) is 0 Å². The molecule has 1 aromatic heterocycles. The lowest BCUT2D eigenvalue weighted by molar-refractivity contribution is 0.0232. The molecule has 3 nitrogen and oxygen atoms in total. The molecular formula is C10H13BrCl2N2O. The van der Waals surface area contributed by atoms with Crippen molar-refractivity contribution < 1.29 is 4.74 Å². The first-order valence-corrected chi connectivity index (χ1v) is 6.52. The molecule has 1 aromatic rings. The lowest BCUT2D eigenvalue weighted by atomic mass is 10.1. The van der Waals surface area contributed by atoms with Crippen LogP contribution in [0.5, 0.6) is 0 Å². The van der Waals surface area contributed by atoms with Gasteiger partial charge in [-0.15, -0.1) is 0 Å². The molecule has 0 aliphatic carbocycles. The molecule has 0 bridgehead atoms. The maximum Gasteiger partial charge on any atom is 0.160 e. The van der Waals surface area contributed by atoms with Crippen molar-refractivity contribution in [1.82, 2.24) is 9.97 Å². The number of nitrogens with zero attached hydrogens (tertiary/aromatic N) is 2. The molecule has 1 unspecified atom stereocenters. The maximum absolute atomic E-state index is 5.93. The van der Waals surface area contributed by atoms with E-state index in [0.717, 1.165) is 0 Å². The summed E-state index contributed by atoms with van der Waals surface area (Å²) in [7, 11) is 0. The predicted octanol–water partition coefficient (Wildman–Crippen LogP) is 4.28. The van der Waals surface area contributed by atoms with Crippen LogP contribution >= 0.6 is 39.1 Å². The Morgan fingerprint density at radius 1 is 1.25 bits per heavy atom. The number of halogens is 3. The topological polar surface area (TPSA) is 35.0 Å². The molecular weight excluding hydrogens is 315 g/mol. The summed E-state index contributed by atoms with van der Waals surface area (Å²) in [5.74, 6) is 0.781. The summed E-state index contributed by atoms with van der Waals surface area (Å²) < 4.78 is 6.09. The minimum atomic E-state index is -0.187.